The molecule has 0 unspecified atom stereocenters. The summed E-state index contributed by atoms with van der Waals surface area (Å²) in [6.07, 6.45) is 2.93. The third kappa shape index (κ3) is 4.21. The molecule has 3 aromatic rings. The molecule has 0 saturated carbocycles. The van der Waals surface area contributed by atoms with Crippen LogP contribution in [0.3, 0.4) is 0 Å². The zero-order valence-corrected chi connectivity index (χ0v) is 17.7. The van der Waals surface area contributed by atoms with Gasteiger partial charge in [-0.25, -0.2) is 4.68 Å². The average molecular weight is 411 g/mol. The van der Waals surface area contributed by atoms with E-state index in [1.165, 1.54) is 5.69 Å². The molecule has 4 rings (SSSR count). The van der Waals surface area contributed by atoms with Gasteiger partial charge in [0.05, 0.1) is 5.69 Å². The van der Waals surface area contributed by atoms with Gasteiger partial charge >= 0.3 is 0 Å². The predicted octanol–water partition coefficient (Wildman–Crippen LogP) is 4.45. The van der Waals surface area contributed by atoms with Gasteiger partial charge in [0, 0.05) is 23.5 Å². The Kier molecular flexibility index (Phi) is 6.72. The zero-order chi connectivity index (χ0) is 19.5. The molecule has 1 amide bonds. The lowest BCUT2D eigenvalue weighted by atomic mass is 10.1. The largest absolute Gasteiger partial charge is 0.320 e. The molecule has 0 saturated heterocycles. The van der Waals surface area contributed by atoms with Crippen molar-refractivity contribution < 1.29 is 4.79 Å². The molecule has 5 nitrogen and oxygen atoms in total. The molecule has 0 spiro atoms. The maximum atomic E-state index is 13.1. The van der Waals surface area contributed by atoms with Crippen LogP contribution in [0.2, 0.25) is 0 Å². The molecule has 0 atom stereocenters. The Hall–Kier alpha value is -2.63. The number of halogens is 1. The van der Waals surface area contributed by atoms with Gasteiger partial charge in [0.2, 0.25) is 0 Å². The van der Waals surface area contributed by atoms with Crippen molar-refractivity contribution >= 4 is 24.0 Å². The number of carbonyl (C=O) groups is 1. The summed E-state index contributed by atoms with van der Waals surface area (Å²) >= 11 is 0. The molecule has 0 fully saturated rings. The average Bonchev–Trinajstić information content (AvgIpc) is 3.30. The van der Waals surface area contributed by atoms with Crippen molar-refractivity contribution in [3.05, 3.63) is 76.6 Å². The van der Waals surface area contributed by atoms with E-state index in [0.717, 1.165) is 60.4 Å². The molecule has 0 aliphatic heterocycles. The smallest absolute Gasteiger partial charge is 0.276 e. The zero-order valence-electron chi connectivity index (χ0n) is 16.9. The van der Waals surface area contributed by atoms with E-state index >= 15 is 0 Å². The molecule has 6 heteroatoms. The lowest BCUT2D eigenvalue weighted by molar-refractivity contribution is 0.102. The summed E-state index contributed by atoms with van der Waals surface area (Å²) in [6, 6.07) is 16.1. The number of carbonyl (C=O) groups excluding carboxylic acids is 1. The Morgan fingerprint density at radius 3 is 2.66 bits per heavy atom. The molecule has 1 aromatic heterocycles. The molecule has 152 valence electrons. The first-order valence-corrected chi connectivity index (χ1v) is 9.95. The predicted molar refractivity (Wildman–Crippen MR) is 119 cm³/mol. The number of hydrogen-bond acceptors (Lipinski definition) is 3. The van der Waals surface area contributed by atoms with Gasteiger partial charge in [-0.15, -0.1) is 12.4 Å². The fourth-order valence-electron chi connectivity index (χ4n) is 3.86. The number of aryl methyl sites for hydroxylation is 1. The summed E-state index contributed by atoms with van der Waals surface area (Å²) < 4.78 is 1.97. The second kappa shape index (κ2) is 9.25. The van der Waals surface area contributed by atoms with E-state index in [-0.39, 0.29) is 18.3 Å². The first-order chi connectivity index (χ1) is 13.7. The molecule has 1 aliphatic rings. The highest BCUT2D eigenvalue weighted by molar-refractivity contribution is 6.04. The van der Waals surface area contributed by atoms with Gasteiger partial charge in [0.1, 0.15) is 0 Å². The van der Waals surface area contributed by atoms with Crippen LogP contribution >= 0.6 is 12.4 Å². The van der Waals surface area contributed by atoms with Gasteiger partial charge in [0.15, 0.2) is 5.69 Å². The summed E-state index contributed by atoms with van der Waals surface area (Å²) in [5, 5.41) is 11.2. The van der Waals surface area contributed by atoms with Crippen LogP contribution in [-0.2, 0) is 19.4 Å². The van der Waals surface area contributed by atoms with Gasteiger partial charge in [0.25, 0.3) is 5.91 Å². The van der Waals surface area contributed by atoms with Crippen LogP contribution in [0.1, 0.15) is 46.2 Å². The minimum atomic E-state index is -0.130. The highest BCUT2D eigenvalue weighted by Gasteiger charge is 2.27. The number of fused-ring (bicyclic) bond motifs is 1. The molecule has 2 N–H and O–H groups in total. The molecule has 2 aromatic carbocycles. The van der Waals surface area contributed by atoms with Crippen LogP contribution in [0.5, 0.6) is 0 Å². The number of para-hydroxylation sites is 2. The number of aromatic nitrogens is 2. The van der Waals surface area contributed by atoms with E-state index in [0.29, 0.717) is 5.69 Å². The fraction of sp³-hybridized carbons (Fsp3) is 0.304. The third-order valence-electron chi connectivity index (χ3n) is 5.32. The van der Waals surface area contributed by atoms with Gasteiger partial charge in [-0.2, -0.15) is 5.10 Å². The second-order valence-electron chi connectivity index (χ2n) is 7.22. The Morgan fingerprint density at radius 2 is 1.86 bits per heavy atom. The minimum absolute atomic E-state index is 0. The Balaban J connectivity index is 0.00000240. The summed E-state index contributed by atoms with van der Waals surface area (Å²) in [4.78, 5) is 13.1. The van der Waals surface area contributed by atoms with Crippen LogP contribution in [0.4, 0.5) is 5.69 Å². The van der Waals surface area contributed by atoms with Crippen LogP contribution in [-0.4, -0.2) is 22.2 Å². The first kappa shape index (κ1) is 21.1. The molecule has 1 heterocycles. The van der Waals surface area contributed by atoms with Gasteiger partial charge in [-0.3, -0.25) is 4.79 Å². The van der Waals surface area contributed by atoms with Crippen LogP contribution < -0.4 is 10.6 Å². The maximum absolute atomic E-state index is 13.1. The van der Waals surface area contributed by atoms with Crippen molar-refractivity contribution in [2.75, 3.05) is 11.9 Å². The fourth-order valence-corrected chi connectivity index (χ4v) is 3.86. The first-order valence-electron chi connectivity index (χ1n) is 9.95. The monoisotopic (exact) mass is 410 g/mol. The Bertz CT molecular complexity index is 1010. The lowest BCUT2D eigenvalue weighted by Gasteiger charge is -2.11. The van der Waals surface area contributed by atoms with Gasteiger partial charge in [-0.05, 0) is 56.0 Å². The molecular weight excluding hydrogens is 384 g/mol. The number of anilines is 1. The van der Waals surface area contributed by atoms with Crippen LogP contribution in [0.15, 0.2) is 48.5 Å². The number of nitrogens with zero attached hydrogens (tertiary/aromatic N) is 2. The quantitative estimate of drug-likeness (QED) is 0.631. The number of rotatable bonds is 6. The van der Waals surface area contributed by atoms with Crippen molar-refractivity contribution in [3.8, 4) is 5.69 Å². The topological polar surface area (TPSA) is 58.9 Å². The number of amides is 1. The van der Waals surface area contributed by atoms with Gasteiger partial charge in [-0.1, -0.05) is 43.3 Å². The summed E-state index contributed by atoms with van der Waals surface area (Å²) in [6.45, 7) is 5.76. The molecule has 0 bridgehead atoms. The maximum Gasteiger partial charge on any atom is 0.276 e. The number of benzene rings is 2. The molecule has 1 aliphatic carbocycles. The van der Waals surface area contributed by atoms with Crippen molar-refractivity contribution in [3.63, 3.8) is 0 Å². The molecular formula is C23H27ClN4O. The minimum Gasteiger partial charge on any atom is -0.320 e. The van der Waals surface area contributed by atoms with E-state index < -0.39 is 0 Å². The van der Waals surface area contributed by atoms with E-state index in [1.54, 1.807) is 0 Å². The standard InChI is InChI=1S/C23H26N4O.ClH/c1-3-24-15-17-10-5-6-12-19(17)25-23(28)22-18-11-8-14-21(18)27(26-22)20-13-7-4-9-16(20)2;/h4-7,9-10,12-13,24H,3,8,11,14-15H2,1-2H3,(H,25,28);1H. The van der Waals surface area contributed by atoms with E-state index in [1.807, 2.05) is 41.1 Å². The Labute approximate surface area is 177 Å². The van der Waals surface area contributed by atoms with Crippen molar-refractivity contribution in [1.82, 2.24) is 15.1 Å². The van der Waals surface area contributed by atoms with E-state index in [9.17, 15) is 4.79 Å². The number of nitrogens with one attached hydrogen (secondary N) is 2. The molecule has 0 radical (unpaired) electrons. The van der Waals surface area contributed by atoms with E-state index in [4.69, 9.17) is 5.10 Å². The highest BCUT2D eigenvalue weighted by atomic mass is 35.5. The number of hydrogen-bond donors (Lipinski definition) is 2. The summed E-state index contributed by atoms with van der Waals surface area (Å²) in [5.74, 6) is -0.130. The van der Waals surface area contributed by atoms with Crippen molar-refractivity contribution in [1.29, 1.82) is 0 Å². The Morgan fingerprint density at radius 1 is 1.10 bits per heavy atom. The second-order valence-corrected chi connectivity index (χ2v) is 7.22. The summed E-state index contributed by atoms with van der Waals surface area (Å²) in [7, 11) is 0. The highest BCUT2D eigenvalue weighted by Crippen LogP contribution is 2.29. The van der Waals surface area contributed by atoms with E-state index in [2.05, 4.69) is 36.6 Å². The van der Waals surface area contributed by atoms with Gasteiger partial charge < -0.3 is 10.6 Å². The third-order valence-corrected chi connectivity index (χ3v) is 5.32. The normalized spacial score (nSPS) is 12.3. The SMILES string of the molecule is CCNCc1ccccc1NC(=O)c1nn(-c2ccccc2C)c2c1CCC2.Cl. The van der Waals surface area contributed by atoms with Crippen molar-refractivity contribution in [2.24, 2.45) is 0 Å². The summed E-state index contributed by atoms with van der Waals surface area (Å²) in [5.41, 5.74) is 6.92. The van der Waals surface area contributed by atoms with Crippen LogP contribution in [0.25, 0.3) is 5.69 Å². The lowest BCUT2D eigenvalue weighted by Crippen LogP contribution is -2.18. The molecule has 29 heavy (non-hydrogen) atoms. The van der Waals surface area contributed by atoms with Crippen molar-refractivity contribution in [2.45, 2.75) is 39.7 Å². The van der Waals surface area contributed by atoms with Crippen LogP contribution in [0, 0.1) is 6.92 Å².